The average molecular weight is 490 g/mol. The van der Waals surface area contributed by atoms with Gasteiger partial charge in [-0.05, 0) is 42.8 Å². The molecule has 0 bridgehead atoms. The number of aromatic hydroxyl groups is 1. The number of benzene rings is 2. The van der Waals surface area contributed by atoms with E-state index < -0.39 is 5.56 Å². The topological polar surface area (TPSA) is 105 Å². The molecule has 0 saturated carbocycles. The molecule has 0 aliphatic rings. The fourth-order valence-electron chi connectivity index (χ4n) is 3.93. The minimum absolute atomic E-state index is 0.00130. The van der Waals surface area contributed by atoms with E-state index in [1.165, 1.54) is 29.4 Å². The predicted octanol–water partition coefficient (Wildman–Crippen LogP) is 3.23. The Morgan fingerprint density at radius 1 is 0.917 bits per heavy atom. The first-order chi connectivity index (χ1) is 17.5. The molecule has 9 nitrogen and oxygen atoms in total. The SMILES string of the molecule is CCOCc1nc(O)c(Cc2ccc(-n3ccccc3=O)cc2)c(=O)n1-c1c(OC)cccc1OC. The Kier molecular flexibility index (Phi) is 7.50. The van der Waals surface area contributed by atoms with Crippen LogP contribution in [0.2, 0.25) is 0 Å². The van der Waals surface area contributed by atoms with E-state index in [4.69, 9.17) is 14.2 Å². The summed E-state index contributed by atoms with van der Waals surface area (Å²) in [5.74, 6) is 0.656. The van der Waals surface area contributed by atoms with Crippen molar-refractivity contribution in [3.8, 4) is 28.8 Å². The van der Waals surface area contributed by atoms with E-state index in [1.807, 2.05) is 6.92 Å². The quantitative estimate of drug-likeness (QED) is 0.385. The molecular weight excluding hydrogens is 462 g/mol. The molecule has 0 radical (unpaired) electrons. The van der Waals surface area contributed by atoms with Gasteiger partial charge in [0.2, 0.25) is 5.88 Å². The van der Waals surface area contributed by atoms with E-state index in [2.05, 4.69) is 4.98 Å². The molecule has 4 rings (SSSR count). The van der Waals surface area contributed by atoms with Gasteiger partial charge in [-0.1, -0.05) is 24.3 Å². The van der Waals surface area contributed by atoms with Crippen LogP contribution >= 0.6 is 0 Å². The molecule has 0 fully saturated rings. The third-order valence-corrected chi connectivity index (χ3v) is 5.70. The van der Waals surface area contributed by atoms with Crippen LogP contribution in [0.3, 0.4) is 0 Å². The molecule has 4 aromatic rings. The largest absolute Gasteiger partial charge is 0.494 e. The Bertz CT molecular complexity index is 1450. The third kappa shape index (κ3) is 4.87. The van der Waals surface area contributed by atoms with Gasteiger partial charge in [0.15, 0.2) is 0 Å². The Morgan fingerprint density at radius 2 is 1.61 bits per heavy atom. The van der Waals surface area contributed by atoms with E-state index in [1.54, 1.807) is 60.8 Å². The first-order valence-electron chi connectivity index (χ1n) is 11.4. The second kappa shape index (κ2) is 10.9. The fourth-order valence-corrected chi connectivity index (χ4v) is 3.93. The third-order valence-electron chi connectivity index (χ3n) is 5.70. The molecule has 2 aromatic carbocycles. The van der Waals surface area contributed by atoms with Crippen molar-refractivity contribution in [1.82, 2.24) is 14.1 Å². The highest BCUT2D eigenvalue weighted by Gasteiger charge is 2.23. The predicted molar refractivity (Wildman–Crippen MR) is 135 cm³/mol. The van der Waals surface area contributed by atoms with Crippen molar-refractivity contribution in [2.24, 2.45) is 0 Å². The molecule has 0 spiro atoms. The Balaban J connectivity index is 1.81. The van der Waals surface area contributed by atoms with Crippen molar-refractivity contribution in [3.63, 3.8) is 0 Å². The van der Waals surface area contributed by atoms with Crippen LogP contribution in [-0.2, 0) is 17.8 Å². The lowest BCUT2D eigenvalue weighted by Crippen LogP contribution is -2.28. The highest BCUT2D eigenvalue weighted by molar-refractivity contribution is 5.58. The van der Waals surface area contributed by atoms with Crippen LogP contribution in [0, 0.1) is 0 Å². The molecule has 0 aliphatic heterocycles. The van der Waals surface area contributed by atoms with Gasteiger partial charge in [-0.15, -0.1) is 0 Å². The van der Waals surface area contributed by atoms with Gasteiger partial charge in [0.25, 0.3) is 11.1 Å². The maximum Gasteiger partial charge on any atom is 0.265 e. The van der Waals surface area contributed by atoms with Gasteiger partial charge in [0, 0.05) is 31.0 Å². The first-order valence-corrected chi connectivity index (χ1v) is 11.4. The summed E-state index contributed by atoms with van der Waals surface area (Å²) in [5.41, 5.74) is 1.31. The minimum atomic E-state index is -0.469. The maximum atomic E-state index is 13.8. The van der Waals surface area contributed by atoms with Gasteiger partial charge in [-0.3, -0.25) is 18.7 Å². The van der Waals surface area contributed by atoms with Gasteiger partial charge < -0.3 is 19.3 Å². The molecule has 0 amide bonds. The standard InChI is InChI=1S/C27H27N3O6/c1-4-36-17-23-28-26(32)20(27(33)30(23)25-21(34-2)8-7-9-22(25)35-3)16-18-11-13-19(14-12-18)29-15-6-5-10-24(29)31/h5-15,32H,4,16-17H2,1-3H3. The zero-order chi connectivity index (χ0) is 25.7. The summed E-state index contributed by atoms with van der Waals surface area (Å²) in [5, 5.41) is 10.7. The first kappa shape index (κ1) is 24.7. The Labute approximate surface area is 207 Å². The highest BCUT2D eigenvalue weighted by Crippen LogP contribution is 2.33. The average Bonchev–Trinajstić information content (AvgIpc) is 2.90. The molecule has 0 saturated heterocycles. The van der Waals surface area contributed by atoms with Gasteiger partial charge in [0.05, 0.1) is 19.8 Å². The van der Waals surface area contributed by atoms with Crippen molar-refractivity contribution in [3.05, 3.63) is 105 Å². The van der Waals surface area contributed by atoms with Gasteiger partial charge in [-0.2, -0.15) is 4.98 Å². The van der Waals surface area contributed by atoms with Gasteiger partial charge in [0.1, 0.15) is 29.6 Å². The maximum absolute atomic E-state index is 13.8. The molecule has 1 N–H and O–H groups in total. The second-order valence-corrected chi connectivity index (χ2v) is 7.87. The van der Waals surface area contributed by atoms with E-state index >= 15 is 0 Å². The normalized spacial score (nSPS) is 10.9. The smallest absolute Gasteiger partial charge is 0.265 e. The molecule has 36 heavy (non-hydrogen) atoms. The van der Waals surface area contributed by atoms with Crippen LogP contribution in [0.25, 0.3) is 11.4 Å². The molecule has 2 aromatic heterocycles. The van der Waals surface area contributed by atoms with Crippen LogP contribution in [0.1, 0.15) is 23.9 Å². The molecule has 186 valence electrons. The Hall–Kier alpha value is -4.37. The Morgan fingerprint density at radius 3 is 2.22 bits per heavy atom. The zero-order valence-electron chi connectivity index (χ0n) is 20.3. The lowest BCUT2D eigenvalue weighted by Gasteiger charge is -2.19. The lowest BCUT2D eigenvalue weighted by atomic mass is 10.1. The van der Waals surface area contributed by atoms with Crippen LogP contribution in [0.4, 0.5) is 0 Å². The van der Waals surface area contributed by atoms with Gasteiger partial charge in [-0.25, -0.2) is 0 Å². The summed E-state index contributed by atoms with van der Waals surface area (Å²) in [7, 11) is 3.00. The number of nitrogens with zero attached hydrogens (tertiary/aromatic N) is 3. The zero-order valence-corrected chi connectivity index (χ0v) is 20.3. The van der Waals surface area contributed by atoms with Gasteiger partial charge >= 0.3 is 0 Å². The molecule has 0 atom stereocenters. The molecule has 2 heterocycles. The van der Waals surface area contributed by atoms with E-state index in [-0.39, 0.29) is 35.9 Å². The number of para-hydroxylation sites is 1. The molecule has 9 heteroatoms. The number of aromatic nitrogens is 3. The number of methoxy groups -OCH3 is 2. The van der Waals surface area contributed by atoms with E-state index in [0.717, 1.165) is 5.56 Å². The fraction of sp³-hybridized carbons (Fsp3) is 0.222. The van der Waals surface area contributed by atoms with Crippen LogP contribution in [0.15, 0.2) is 76.4 Å². The number of hydrogen-bond acceptors (Lipinski definition) is 7. The lowest BCUT2D eigenvalue weighted by molar-refractivity contribution is 0.125. The summed E-state index contributed by atoms with van der Waals surface area (Å²) in [4.78, 5) is 30.2. The van der Waals surface area contributed by atoms with Crippen molar-refractivity contribution < 1.29 is 19.3 Å². The van der Waals surface area contributed by atoms with E-state index in [0.29, 0.717) is 29.5 Å². The summed E-state index contributed by atoms with van der Waals surface area (Å²) in [6.45, 7) is 2.23. The van der Waals surface area contributed by atoms with E-state index in [9.17, 15) is 14.7 Å². The number of hydrogen-bond donors (Lipinski definition) is 1. The summed E-state index contributed by atoms with van der Waals surface area (Å²) in [6, 6.07) is 17.3. The van der Waals surface area contributed by atoms with Crippen molar-refractivity contribution in [1.29, 1.82) is 0 Å². The number of pyridine rings is 1. The second-order valence-electron chi connectivity index (χ2n) is 7.87. The highest BCUT2D eigenvalue weighted by atomic mass is 16.5. The van der Waals surface area contributed by atoms with Crippen LogP contribution in [0.5, 0.6) is 17.4 Å². The summed E-state index contributed by atoms with van der Waals surface area (Å²) >= 11 is 0. The van der Waals surface area contributed by atoms with Crippen LogP contribution < -0.4 is 20.6 Å². The number of rotatable bonds is 9. The molecule has 0 unspecified atom stereocenters. The van der Waals surface area contributed by atoms with Crippen LogP contribution in [-0.4, -0.2) is 40.1 Å². The molecular formula is C27H27N3O6. The number of ether oxygens (including phenoxy) is 3. The summed E-state index contributed by atoms with van der Waals surface area (Å²) < 4.78 is 19.4. The minimum Gasteiger partial charge on any atom is -0.494 e. The monoisotopic (exact) mass is 489 g/mol. The van der Waals surface area contributed by atoms with Crippen molar-refractivity contribution >= 4 is 0 Å². The van der Waals surface area contributed by atoms with Crippen molar-refractivity contribution in [2.45, 2.75) is 20.0 Å². The van der Waals surface area contributed by atoms with Crippen molar-refractivity contribution in [2.75, 3.05) is 20.8 Å². The molecule has 0 aliphatic carbocycles. The summed E-state index contributed by atoms with van der Waals surface area (Å²) in [6.07, 6.45) is 1.80.